The zero-order chi connectivity index (χ0) is 22.4. The van der Waals surface area contributed by atoms with Gasteiger partial charge in [0, 0.05) is 43.1 Å². The van der Waals surface area contributed by atoms with Crippen LogP contribution < -0.4 is 21.9 Å². The highest BCUT2D eigenvalue weighted by Gasteiger charge is 2.27. The molecule has 2 aromatic heterocycles. The Hall–Kier alpha value is -2.78. The Morgan fingerprint density at radius 1 is 1.16 bits per heavy atom. The van der Waals surface area contributed by atoms with Crippen molar-refractivity contribution >= 4 is 46.2 Å². The summed E-state index contributed by atoms with van der Waals surface area (Å²) in [7, 11) is 3.33. The van der Waals surface area contributed by atoms with Crippen LogP contribution >= 0.6 is 23.2 Å². The van der Waals surface area contributed by atoms with Crippen LogP contribution in [0.5, 0.6) is 0 Å². The Balaban J connectivity index is 1.78. The summed E-state index contributed by atoms with van der Waals surface area (Å²) in [6.07, 6.45) is 1.24. The third-order valence-electron chi connectivity index (χ3n) is 5.86. The lowest BCUT2D eigenvalue weighted by Gasteiger charge is -2.31. The van der Waals surface area contributed by atoms with E-state index in [-0.39, 0.29) is 18.4 Å². The van der Waals surface area contributed by atoms with Gasteiger partial charge in [-0.2, -0.15) is 4.98 Å². The Morgan fingerprint density at radius 2 is 1.84 bits per heavy atom. The van der Waals surface area contributed by atoms with Crippen molar-refractivity contribution in [3.63, 3.8) is 0 Å². The fourth-order valence-corrected chi connectivity index (χ4v) is 4.51. The van der Waals surface area contributed by atoms with Crippen molar-refractivity contribution < 1.29 is 4.79 Å². The van der Waals surface area contributed by atoms with Gasteiger partial charge in [0.05, 0.1) is 6.54 Å². The molecule has 3 aromatic rings. The molecule has 0 bridgehead atoms. The average Bonchev–Trinajstić information content (AvgIpc) is 3.08. The Morgan fingerprint density at radius 3 is 2.45 bits per heavy atom. The molecule has 0 spiro atoms. The molecule has 0 radical (unpaired) electrons. The monoisotopic (exact) mass is 464 g/mol. The largest absolute Gasteiger partial charge is 0.369 e. The van der Waals surface area contributed by atoms with Crippen molar-refractivity contribution in [1.29, 1.82) is 0 Å². The van der Waals surface area contributed by atoms with Crippen LogP contribution in [0.25, 0.3) is 11.2 Å². The molecule has 0 aliphatic carbocycles. The highest BCUT2D eigenvalue weighted by Crippen LogP contribution is 2.25. The van der Waals surface area contributed by atoms with Crippen LogP contribution in [0, 0.1) is 5.92 Å². The number of hydrogen-bond donors (Lipinski definition) is 1. The van der Waals surface area contributed by atoms with E-state index >= 15 is 0 Å². The van der Waals surface area contributed by atoms with E-state index in [1.165, 1.54) is 4.57 Å². The normalized spacial score (nSPS) is 15.0. The Bertz CT molecular complexity index is 1300. The highest BCUT2D eigenvalue weighted by molar-refractivity contribution is 6.35. The molecule has 2 N–H and O–H groups in total. The van der Waals surface area contributed by atoms with Gasteiger partial charge >= 0.3 is 5.69 Å². The van der Waals surface area contributed by atoms with Gasteiger partial charge in [0.1, 0.15) is 0 Å². The molecule has 9 nitrogen and oxygen atoms in total. The number of imidazole rings is 1. The quantitative estimate of drug-likeness (QED) is 0.628. The van der Waals surface area contributed by atoms with Crippen LogP contribution in [-0.2, 0) is 25.4 Å². The molecule has 1 aliphatic heterocycles. The van der Waals surface area contributed by atoms with Crippen molar-refractivity contribution in [1.82, 2.24) is 18.7 Å². The van der Waals surface area contributed by atoms with Crippen LogP contribution in [0.2, 0.25) is 10.0 Å². The van der Waals surface area contributed by atoms with Gasteiger partial charge in [-0.05, 0) is 30.5 Å². The first-order valence-electron chi connectivity index (χ1n) is 9.83. The first-order chi connectivity index (χ1) is 14.7. The zero-order valence-corrected chi connectivity index (χ0v) is 18.7. The summed E-state index contributed by atoms with van der Waals surface area (Å²) in [5, 5.41) is 0.852. The molecule has 31 heavy (non-hydrogen) atoms. The second-order valence-corrected chi connectivity index (χ2v) is 8.62. The summed E-state index contributed by atoms with van der Waals surface area (Å²) >= 11 is 12.2. The van der Waals surface area contributed by atoms with E-state index in [4.69, 9.17) is 28.9 Å². The summed E-state index contributed by atoms with van der Waals surface area (Å²) in [5.41, 5.74) is 5.73. The number of fused-ring (bicyclic) bond motifs is 1. The number of nitrogens with zero attached hydrogens (tertiary/aromatic N) is 5. The van der Waals surface area contributed by atoms with Crippen LogP contribution in [0.1, 0.15) is 18.4 Å². The maximum atomic E-state index is 13.3. The van der Waals surface area contributed by atoms with Gasteiger partial charge in [0.15, 0.2) is 11.2 Å². The first kappa shape index (κ1) is 21.5. The fraction of sp³-hybridized carbons (Fsp3) is 0.400. The predicted molar refractivity (Wildman–Crippen MR) is 120 cm³/mol. The first-order valence-corrected chi connectivity index (χ1v) is 10.6. The molecule has 0 saturated carbocycles. The third-order valence-corrected chi connectivity index (χ3v) is 6.45. The molecule has 1 amide bonds. The molecule has 3 heterocycles. The summed E-state index contributed by atoms with van der Waals surface area (Å²) in [6, 6.07) is 4.93. The number of aromatic nitrogens is 4. The number of nitrogens with two attached hydrogens (primary N) is 1. The number of piperidine rings is 1. The Kier molecular flexibility index (Phi) is 5.57. The number of rotatable bonds is 4. The minimum absolute atomic E-state index is 0.0158. The maximum absolute atomic E-state index is 13.3. The number of carbonyl (C=O) groups is 1. The molecular formula is C20H22Cl2N6O3. The topological polar surface area (TPSA) is 108 Å². The van der Waals surface area contributed by atoms with Gasteiger partial charge in [-0.15, -0.1) is 0 Å². The lowest BCUT2D eigenvalue weighted by molar-refractivity contribution is -0.122. The van der Waals surface area contributed by atoms with Crippen LogP contribution in [-0.4, -0.2) is 37.7 Å². The standard InChI is InChI=1S/C20H22Cl2N6O3/c1-25-15-17(24-19(25)27-7-5-11(6-8-27)16(23)29)26(2)20(31)28(18(15)30)10-12-3-4-13(21)9-14(12)22/h3-4,9,11H,5-8,10H2,1-2H3,(H2,23,29). The van der Waals surface area contributed by atoms with E-state index in [1.807, 2.05) is 4.90 Å². The fourth-order valence-electron chi connectivity index (χ4n) is 4.04. The second kappa shape index (κ2) is 8.05. The summed E-state index contributed by atoms with van der Waals surface area (Å²) in [5.74, 6) is 0.125. The van der Waals surface area contributed by atoms with E-state index in [1.54, 1.807) is 36.9 Å². The minimum atomic E-state index is -0.486. The average molecular weight is 465 g/mol. The molecule has 164 valence electrons. The lowest BCUT2D eigenvalue weighted by atomic mass is 9.96. The van der Waals surface area contributed by atoms with E-state index in [0.29, 0.717) is 58.7 Å². The van der Waals surface area contributed by atoms with Crippen molar-refractivity contribution in [2.24, 2.45) is 25.7 Å². The molecule has 4 rings (SSSR count). The van der Waals surface area contributed by atoms with Crippen LogP contribution in [0.4, 0.5) is 5.95 Å². The zero-order valence-electron chi connectivity index (χ0n) is 17.1. The van der Waals surface area contributed by atoms with Gasteiger partial charge in [-0.25, -0.2) is 4.79 Å². The van der Waals surface area contributed by atoms with E-state index in [0.717, 1.165) is 4.57 Å². The number of primary amides is 1. The van der Waals surface area contributed by atoms with Gasteiger partial charge in [-0.1, -0.05) is 29.3 Å². The number of benzene rings is 1. The lowest BCUT2D eigenvalue weighted by Crippen LogP contribution is -2.40. The molecule has 1 aromatic carbocycles. The van der Waals surface area contributed by atoms with Crippen molar-refractivity contribution in [3.05, 3.63) is 54.6 Å². The molecular weight excluding hydrogens is 443 g/mol. The maximum Gasteiger partial charge on any atom is 0.332 e. The number of amides is 1. The Labute approximate surface area is 187 Å². The van der Waals surface area contributed by atoms with E-state index in [2.05, 4.69) is 4.98 Å². The molecule has 1 fully saturated rings. The number of anilines is 1. The number of hydrogen-bond acceptors (Lipinski definition) is 5. The molecule has 11 heteroatoms. The highest BCUT2D eigenvalue weighted by atomic mass is 35.5. The number of halogens is 2. The van der Waals surface area contributed by atoms with E-state index < -0.39 is 11.2 Å². The van der Waals surface area contributed by atoms with Crippen molar-refractivity contribution in [2.45, 2.75) is 19.4 Å². The SMILES string of the molecule is Cn1c(N2CCC(C(N)=O)CC2)nc2c1c(=O)n(Cc1ccc(Cl)cc1Cl)c(=O)n2C. The van der Waals surface area contributed by atoms with Gasteiger partial charge in [0.25, 0.3) is 5.56 Å². The minimum Gasteiger partial charge on any atom is -0.369 e. The summed E-state index contributed by atoms with van der Waals surface area (Å²) in [4.78, 5) is 44.3. The van der Waals surface area contributed by atoms with Crippen LogP contribution in [0.3, 0.4) is 0 Å². The van der Waals surface area contributed by atoms with Gasteiger partial charge in [-0.3, -0.25) is 18.7 Å². The molecule has 0 unspecified atom stereocenters. The smallest absolute Gasteiger partial charge is 0.332 e. The van der Waals surface area contributed by atoms with Gasteiger partial charge in [0.2, 0.25) is 11.9 Å². The number of aryl methyl sites for hydroxylation is 2. The third kappa shape index (κ3) is 3.72. The van der Waals surface area contributed by atoms with Gasteiger partial charge < -0.3 is 15.2 Å². The van der Waals surface area contributed by atoms with Crippen molar-refractivity contribution in [2.75, 3.05) is 18.0 Å². The second-order valence-electron chi connectivity index (χ2n) is 7.78. The summed E-state index contributed by atoms with van der Waals surface area (Å²) in [6.45, 7) is 1.20. The van der Waals surface area contributed by atoms with Crippen molar-refractivity contribution in [3.8, 4) is 0 Å². The summed E-state index contributed by atoms with van der Waals surface area (Å²) < 4.78 is 4.20. The van der Waals surface area contributed by atoms with E-state index in [9.17, 15) is 14.4 Å². The van der Waals surface area contributed by atoms with Crippen LogP contribution in [0.15, 0.2) is 27.8 Å². The number of carbonyl (C=O) groups excluding carboxylic acids is 1. The molecule has 1 saturated heterocycles. The molecule has 0 atom stereocenters. The molecule has 1 aliphatic rings. The predicted octanol–water partition coefficient (Wildman–Crippen LogP) is 1.49.